The number of nitrogens with one attached hydrogen (secondary N) is 1. The number of fused-ring (bicyclic) bond motifs is 1. The number of hydrogen-bond donors (Lipinski definition) is 1. The number of carbonyl (C=O) groups excluding carboxylic acids is 1. The van der Waals surface area contributed by atoms with Gasteiger partial charge in [-0.25, -0.2) is 8.42 Å². The molecule has 1 heterocycles. The molecule has 7 nitrogen and oxygen atoms in total. The van der Waals surface area contributed by atoms with Gasteiger partial charge in [-0.3, -0.25) is 9.52 Å². The maximum absolute atomic E-state index is 12.9. The summed E-state index contributed by atoms with van der Waals surface area (Å²) in [6.45, 7) is 0.829. The summed E-state index contributed by atoms with van der Waals surface area (Å²) in [5, 5.41) is 1.01. The number of hydrogen-bond acceptors (Lipinski definition) is 5. The number of benzene rings is 3. The largest absolute Gasteiger partial charge is 0.383 e. The van der Waals surface area contributed by atoms with Crippen molar-refractivity contribution in [1.29, 1.82) is 0 Å². The van der Waals surface area contributed by atoms with Crippen molar-refractivity contribution < 1.29 is 17.9 Å². The Labute approximate surface area is 210 Å². The number of anilines is 1. The van der Waals surface area contributed by atoms with Crippen LogP contribution in [0.15, 0.2) is 76.6 Å². The van der Waals surface area contributed by atoms with E-state index < -0.39 is 15.9 Å². The molecule has 0 unspecified atom stereocenters. The van der Waals surface area contributed by atoms with Crippen LogP contribution in [0, 0.1) is 0 Å². The van der Waals surface area contributed by atoms with E-state index in [2.05, 4.69) is 9.71 Å². The van der Waals surface area contributed by atoms with Crippen LogP contribution in [0.25, 0.3) is 10.2 Å². The van der Waals surface area contributed by atoms with E-state index in [1.165, 1.54) is 47.7 Å². The Bertz CT molecular complexity index is 1510. The first kappa shape index (κ1) is 24.4. The van der Waals surface area contributed by atoms with Gasteiger partial charge in [0.25, 0.3) is 15.9 Å². The van der Waals surface area contributed by atoms with Gasteiger partial charge in [0.15, 0.2) is 4.80 Å². The molecule has 0 saturated heterocycles. The lowest BCUT2D eigenvalue weighted by Gasteiger charge is -2.08. The van der Waals surface area contributed by atoms with E-state index in [0.29, 0.717) is 44.8 Å². The minimum Gasteiger partial charge on any atom is -0.383 e. The van der Waals surface area contributed by atoms with Crippen LogP contribution in [-0.4, -0.2) is 32.6 Å². The SMILES string of the molecule is COCCn1c(=NC(=O)c2ccc(NS(=O)(=O)c3ccccc3)cc2)sc2c(Cl)ccc(Cl)c21. The molecule has 0 radical (unpaired) electrons. The number of sulfonamides is 1. The molecule has 11 heteroatoms. The molecule has 0 aliphatic heterocycles. The van der Waals surface area contributed by atoms with Crippen molar-refractivity contribution in [3.05, 3.63) is 87.1 Å². The first-order chi connectivity index (χ1) is 16.3. The van der Waals surface area contributed by atoms with Gasteiger partial charge in [-0.05, 0) is 48.5 Å². The summed E-state index contributed by atoms with van der Waals surface area (Å²) in [5.41, 5.74) is 1.32. The summed E-state index contributed by atoms with van der Waals surface area (Å²) in [4.78, 5) is 17.8. The molecule has 0 atom stereocenters. The van der Waals surface area contributed by atoms with Gasteiger partial charge in [-0.1, -0.05) is 52.7 Å². The predicted octanol–water partition coefficient (Wildman–Crippen LogP) is 5.20. The molecular formula is C23H19Cl2N3O4S2. The Hall–Kier alpha value is -2.69. The van der Waals surface area contributed by atoms with Crippen molar-refractivity contribution in [3.63, 3.8) is 0 Å². The van der Waals surface area contributed by atoms with Gasteiger partial charge in [0.2, 0.25) is 0 Å². The lowest BCUT2D eigenvalue weighted by atomic mass is 10.2. The quantitative estimate of drug-likeness (QED) is 0.352. The highest BCUT2D eigenvalue weighted by Crippen LogP contribution is 2.32. The third-order valence-electron chi connectivity index (χ3n) is 4.88. The Morgan fingerprint density at radius 3 is 2.38 bits per heavy atom. The number of methoxy groups -OCH3 is 1. The smallest absolute Gasteiger partial charge is 0.279 e. The third-order valence-corrected chi connectivity index (χ3v) is 8.12. The highest BCUT2D eigenvalue weighted by atomic mass is 35.5. The highest BCUT2D eigenvalue weighted by molar-refractivity contribution is 7.92. The normalized spacial score (nSPS) is 12.3. The average molecular weight is 536 g/mol. The standard InChI is InChI=1S/C23H19Cl2N3O4S2/c1-32-14-13-28-20-18(24)11-12-19(25)21(20)33-23(28)26-22(29)15-7-9-16(10-8-15)27-34(30,31)17-5-3-2-4-6-17/h2-12,27H,13-14H2,1H3. The number of amides is 1. The summed E-state index contributed by atoms with van der Waals surface area (Å²) in [7, 11) is -2.15. The molecule has 4 aromatic rings. The molecule has 3 aromatic carbocycles. The zero-order chi connectivity index (χ0) is 24.3. The first-order valence-electron chi connectivity index (χ1n) is 10.0. The molecule has 0 spiro atoms. The van der Waals surface area contributed by atoms with E-state index in [0.717, 1.165) is 4.70 Å². The van der Waals surface area contributed by atoms with Crippen LogP contribution < -0.4 is 9.52 Å². The highest BCUT2D eigenvalue weighted by Gasteiger charge is 2.16. The predicted molar refractivity (Wildman–Crippen MR) is 135 cm³/mol. The molecule has 34 heavy (non-hydrogen) atoms. The molecule has 176 valence electrons. The van der Waals surface area contributed by atoms with Crippen LogP contribution in [0.2, 0.25) is 10.0 Å². The van der Waals surface area contributed by atoms with E-state index >= 15 is 0 Å². The topological polar surface area (TPSA) is 89.8 Å². The maximum Gasteiger partial charge on any atom is 0.279 e. The molecule has 1 N–H and O–H groups in total. The fourth-order valence-electron chi connectivity index (χ4n) is 3.23. The fraction of sp³-hybridized carbons (Fsp3) is 0.130. The number of halogens is 2. The number of nitrogens with zero attached hydrogens (tertiary/aromatic N) is 2. The average Bonchev–Trinajstić information content (AvgIpc) is 3.20. The number of rotatable bonds is 7. The van der Waals surface area contributed by atoms with E-state index in [9.17, 15) is 13.2 Å². The molecule has 1 amide bonds. The second-order valence-corrected chi connectivity index (χ2v) is 10.6. The number of ether oxygens (including phenoxy) is 1. The second kappa shape index (κ2) is 10.3. The molecular weight excluding hydrogens is 517 g/mol. The molecule has 1 aromatic heterocycles. The van der Waals surface area contributed by atoms with Crippen LogP contribution in [-0.2, 0) is 21.3 Å². The summed E-state index contributed by atoms with van der Waals surface area (Å²) in [5.74, 6) is -0.484. The summed E-state index contributed by atoms with van der Waals surface area (Å²) < 4.78 is 35.2. The summed E-state index contributed by atoms with van der Waals surface area (Å²) in [6, 6.07) is 17.5. The summed E-state index contributed by atoms with van der Waals surface area (Å²) in [6.07, 6.45) is 0. The van der Waals surface area contributed by atoms with Gasteiger partial charge in [-0.15, -0.1) is 0 Å². The molecule has 0 fully saturated rings. The zero-order valence-corrected chi connectivity index (χ0v) is 21.0. The van der Waals surface area contributed by atoms with Crippen molar-refractivity contribution >= 4 is 66.4 Å². The molecule has 0 aliphatic rings. The minimum atomic E-state index is -3.73. The molecule has 0 saturated carbocycles. The van der Waals surface area contributed by atoms with E-state index in [1.807, 2.05) is 0 Å². The Morgan fingerprint density at radius 2 is 1.71 bits per heavy atom. The third kappa shape index (κ3) is 5.18. The molecule has 4 rings (SSSR count). The Balaban J connectivity index is 1.64. The van der Waals surface area contributed by atoms with E-state index in [-0.39, 0.29) is 4.90 Å². The van der Waals surface area contributed by atoms with Crippen molar-refractivity contribution in [2.24, 2.45) is 4.99 Å². The zero-order valence-electron chi connectivity index (χ0n) is 17.9. The van der Waals surface area contributed by atoms with Crippen molar-refractivity contribution in [2.45, 2.75) is 11.4 Å². The Kier molecular flexibility index (Phi) is 7.39. The van der Waals surface area contributed by atoms with Crippen LogP contribution >= 0.6 is 34.5 Å². The van der Waals surface area contributed by atoms with Gasteiger partial charge in [-0.2, -0.15) is 4.99 Å². The van der Waals surface area contributed by atoms with Crippen LogP contribution in [0.1, 0.15) is 10.4 Å². The lowest BCUT2D eigenvalue weighted by Crippen LogP contribution is -2.19. The number of thiazole rings is 1. The first-order valence-corrected chi connectivity index (χ1v) is 13.1. The maximum atomic E-state index is 12.9. The van der Waals surface area contributed by atoms with Gasteiger partial charge in [0, 0.05) is 24.9 Å². The van der Waals surface area contributed by atoms with Crippen LogP contribution in [0.4, 0.5) is 5.69 Å². The minimum absolute atomic E-state index is 0.146. The number of carbonyl (C=O) groups is 1. The van der Waals surface area contributed by atoms with Gasteiger partial charge in [0.1, 0.15) is 0 Å². The number of aromatic nitrogens is 1. The van der Waals surface area contributed by atoms with Crippen molar-refractivity contribution in [3.8, 4) is 0 Å². The monoisotopic (exact) mass is 535 g/mol. The van der Waals surface area contributed by atoms with E-state index in [1.54, 1.807) is 42.0 Å². The fourth-order valence-corrected chi connectivity index (χ4v) is 5.98. The van der Waals surface area contributed by atoms with Crippen LogP contribution in [0.3, 0.4) is 0 Å². The van der Waals surface area contributed by atoms with E-state index in [4.69, 9.17) is 27.9 Å². The van der Waals surface area contributed by atoms with Crippen molar-refractivity contribution in [2.75, 3.05) is 18.4 Å². The Morgan fingerprint density at radius 1 is 1.03 bits per heavy atom. The summed E-state index contributed by atoms with van der Waals surface area (Å²) >= 11 is 14.0. The molecule has 0 bridgehead atoms. The van der Waals surface area contributed by atoms with Gasteiger partial charge >= 0.3 is 0 Å². The van der Waals surface area contributed by atoms with Gasteiger partial charge < -0.3 is 9.30 Å². The molecule has 0 aliphatic carbocycles. The lowest BCUT2D eigenvalue weighted by molar-refractivity contribution is 0.0997. The van der Waals surface area contributed by atoms with Gasteiger partial charge in [0.05, 0.1) is 31.8 Å². The van der Waals surface area contributed by atoms with Crippen LogP contribution in [0.5, 0.6) is 0 Å². The second-order valence-electron chi connectivity index (χ2n) is 7.15. The van der Waals surface area contributed by atoms with Crippen molar-refractivity contribution in [1.82, 2.24) is 4.57 Å².